The molecular weight excluding hydrogens is 488 g/mol. The number of hydrazone groups is 1. The molecule has 0 bridgehead atoms. The van der Waals surface area contributed by atoms with E-state index in [2.05, 4.69) is 10.5 Å². The van der Waals surface area contributed by atoms with Crippen LogP contribution in [0.2, 0.25) is 0 Å². The lowest BCUT2D eigenvalue weighted by molar-refractivity contribution is -0.384. The van der Waals surface area contributed by atoms with E-state index in [1.165, 1.54) is 56.8 Å². The van der Waals surface area contributed by atoms with E-state index in [-0.39, 0.29) is 22.9 Å². The summed E-state index contributed by atoms with van der Waals surface area (Å²) in [6.07, 6.45) is 1.23. The number of non-ortho nitro benzene ring substituents is 1. The standard InChI is InChI=1S/C24H24N4O7S/c1-34-22-12-11-21(14-23(22)35-2)36(32,33)27(16-18-7-4-3-5-8-18)17-24(29)26-25-15-19-9-6-10-20(13-19)28(30)31/h3-15H,16-17H2,1-2H3,(H,26,29)/b25-15-. The van der Waals surface area contributed by atoms with Crippen LogP contribution in [0.3, 0.4) is 0 Å². The maximum atomic E-state index is 13.5. The maximum absolute atomic E-state index is 13.5. The normalized spacial score (nSPS) is 11.4. The molecule has 188 valence electrons. The Morgan fingerprint density at radius 3 is 2.42 bits per heavy atom. The molecule has 12 heteroatoms. The molecular formula is C24H24N4O7S. The maximum Gasteiger partial charge on any atom is 0.270 e. The van der Waals surface area contributed by atoms with Gasteiger partial charge in [-0.05, 0) is 17.7 Å². The number of ether oxygens (including phenoxy) is 2. The molecule has 3 aromatic rings. The van der Waals surface area contributed by atoms with E-state index in [9.17, 15) is 23.3 Å². The lowest BCUT2D eigenvalue weighted by atomic mass is 10.2. The molecule has 0 spiro atoms. The quantitative estimate of drug-likeness (QED) is 0.237. The molecule has 3 aromatic carbocycles. The first-order valence-electron chi connectivity index (χ1n) is 10.6. The SMILES string of the molecule is COc1ccc(S(=O)(=O)N(CC(=O)N/N=C\c2cccc([N+](=O)[O-])c2)Cc2ccccc2)cc1OC. The van der Waals surface area contributed by atoms with Crippen molar-refractivity contribution in [3.8, 4) is 11.5 Å². The van der Waals surface area contributed by atoms with Crippen molar-refractivity contribution >= 4 is 27.8 Å². The molecule has 0 fully saturated rings. The van der Waals surface area contributed by atoms with Gasteiger partial charge < -0.3 is 9.47 Å². The predicted molar refractivity (Wildman–Crippen MR) is 132 cm³/mol. The molecule has 36 heavy (non-hydrogen) atoms. The number of nitrogens with zero attached hydrogens (tertiary/aromatic N) is 3. The number of carbonyl (C=O) groups is 1. The first kappa shape index (κ1) is 26.3. The van der Waals surface area contributed by atoms with Crippen molar-refractivity contribution in [2.24, 2.45) is 5.10 Å². The average Bonchev–Trinajstić information content (AvgIpc) is 2.88. The zero-order valence-corrected chi connectivity index (χ0v) is 20.3. The number of benzene rings is 3. The van der Waals surface area contributed by atoms with Crippen LogP contribution in [-0.4, -0.2) is 50.5 Å². The van der Waals surface area contributed by atoms with E-state index in [0.29, 0.717) is 16.9 Å². The van der Waals surface area contributed by atoms with E-state index in [4.69, 9.17) is 9.47 Å². The summed E-state index contributed by atoms with van der Waals surface area (Å²) in [6.45, 7) is -0.600. The molecule has 0 saturated heterocycles. The number of sulfonamides is 1. The van der Waals surface area contributed by atoms with Crippen LogP contribution < -0.4 is 14.9 Å². The van der Waals surface area contributed by atoms with Crippen LogP contribution >= 0.6 is 0 Å². The van der Waals surface area contributed by atoms with Gasteiger partial charge in [-0.1, -0.05) is 42.5 Å². The van der Waals surface area contributed by atoms with Gasteiger partial charge in [0.25, 0.3) is 11.6 Å². The van der Waals surface area contributed by atoms with E-state index in [0.717, 1.165) is 4.31 Å². The Bertz CT molecular complexity index is 1360. The van der Waals surface area contributed by atoms with Gasteiger partial charge in [-0.15, -0.1) is 0 Å². The van der Waals surface area contributed by atoms with Gasteiger partial charge in [-0.2, -0.15) is 9.41 Å². The molecule has 0 aliphatic rings. The topological polar surface area (TPSA) is 140 Å². The van der Waals surface area contributed by atoms with E-state index in [1.807, 2.05) is 0 Å². The fourth-order valence-electron chi connectivity index (χ4n) is 3.23. The predicted octanol–water partition coefficient (Wildman–Crippen LogP) is 2.95. The highest BCUT2D eigenvalue weighted by atomic mass is 32.2. The second-order valence-electron chi connectivity index (χ2n) is 7.42. The number of carbonyl (C=O) groups excluding carboxylic acids is 1. The van der Waals surface area contributed by atoms with Crippen LogP contribution in [0, 0.1) is 10.1 Å². The Morgan fingerprint density at radius 1 is 1.03 bits per heavy atom. The molecule has 1 amide bonds. The Morgan fingerprint density at radius 2 is 1.75 bits per heavy atom. The van der Waals surface area contributed by atoms with Crippen molar-refractivity contribution in [3.63, 3.8) is 0 Å². The van der Waals surface area contributed by atoms with Gasteiger partial charge in [0.2, 0.25) is 10.0 Å². The molecule has 0 aliphatic heterocycles. The van der Waals surface area contributed by atoms with E-state index in [1.54, 1.807) is 36.4 Å². The second-order valence-corrected chi connectivity index (χ2v) is 9.36. The van der Waals surface area contributed by atoms with Crippen LogP contribution in [0.1, 0.15) is 11.1 Å². The summed E-state index contributed by atoms with van der Waals surface area (Å²) in [6, 6.07) is 18.7. The minimum Gasteiger partial charge on any atom is -0.493 e. The van der Waals surface area contributed by atoms with Crippen molar-refractivity contribution in [2.75, 3.05) is 20.8 Å². The number of rotatable bonds is 11. The minimum absolute atomic E-state index is 0.0699. The molecule has 0 heterocycles. The molecule has 1 N–H and O–H groups in total. The van der Waals surface area contributed by atoms with Crippen LogP contribution in [0.15, 0.2) is 82.8 Å². The third-order valence-electron chi connectivity index (χ3n) is 5.00. The summed E-state index contributed by atoms with van der Waals surface area (Å²) in [5.74, 6) is -0.111. The molecule has 0 atom stereocenters. The number of nitro benzene ring substituents is 1. The number of nitro groups is 1. The smallest absolute Gasteiger partial charge is 0.270 e. The van der Waals surface area contributed by atoms with Gasteiger partial charge in [0.05, 0.1) is 36.8 Å². The second kappa shape index (κ2) is 11.9. The third kappa shape index (κ3) is 6.64. The van der Waals surface area contributed by atoms with Crippen molar-refractivity contribution < 1.29 is 27.6 Å². The monoisotopic (exact) mass is 512 g/mol. The highest BCUT2D eigenvalue weighted by molar-refractivity contribution is 7.89. The van der Waals surface area contributed by atoms with Gasteiger partial charge in [-0.3, -0.25) is 14.9 Å². The van der Waals surface area contributed by atoms with E-state index < -0.39 is 27.4 Å². The summed E-state index contributed by atoms with van der Waals surface area (Å²) in [4.78, 5) is 22.9. The van der Waals surface area contributed by atoms with Gasteiger partial charge >= 0.3 is 0 Å². The number of hydrogen-bond donors (Lipinski definition) is 1. The van der Waals surface area contributed by atoms with Gasteiger partial charge in [0, 0.05) is 30.3 Å². The highest BCUT2D eigenvalue weighted by Crippen LogP contribution is 2.31. The molecule has 0 aromatic heterocycles. The molecule has 3 rings (SSSR count). The molecule has 0 aliphatic carbocycles. The summed E-state index contributed by atoms with van der Waals surface area (Å²) in [7, 11) is -1.31. The zero-order valence-electron chi connectivity index (χ0n) is 19.5. The first-order chi connectivity index (χ1) is 17.2. The number of hydrogen-bond acceptors (Lipinski definition) is 8. The summed E-state index contributed by atoms with van der Waals surface area (Å²) in [5, 5.41) is 14.7. The molecule has 0 unspecified atom stereocenters. The van der Waals surface area contributed by atoms with Crippen molar-refractivity contribution in [1.82, 2.24) is 9.73 Å². The van der Waals surface area contributed by atoms with E-state index >= 15 is 0 Å². The number of amides is 1. The molecule has 0 saturated carbocycles. The molecule has 0 radical (unpaired) electrons. The third-order valence-corrected chi connectivity index (χ3v) is 6.79. The lowest BCUT2D eigenvalue weighted by Crippen LogP contribution is -2.39. The first-order valence-corrected chi connectivity index (χ1v) is 12.0. The fourth-order valence-corrected chi connectivity index (χ4v) is 4.63. The Labute approximate surface area is 208 Å². The zero-order chi connectivity index (χ0) is 26.1. The fraction of sp³-hybridized carbons (Fsp3) is 0.167. The number of methoxy groups -OCH3 is 2. The Balaban J connectivity index is 1.82. The summed E-state index contributed by atoms with van der Waals surface area (Å²) < 4.78 is 38.4. The Hall–Kier alpha value is -4.29. The van der Waals surface area contributed by atoms with Gasteiger partial charge in [-0.25, -0.2) is 13.8 Å². The van der Waals surface area contributed by atoms with Crippen molar-refractivity contribution in [3.05, 3.63) is 94.0 Å². The average molecular weight is 513 g/mol. The van der Waals surface area contributed by atoms with Crippen molar-refractivity contribution in [1.29, 1.82) is 0 Å². The Kier molecular flexibility index (Phi) is 8.71. The largest absolute Gasteiger partial charge is 0.493 e. The minimum atomic E-state index is -4.13. The van der Waals surface area contributed by atoms with Crippen LogP contribution in [-0.2, 0) is 21.4 Å². The van der Waals surface area contributed by atoms with Gasteiger partial charge in [0.15, 0.2) is 11.5 Å². The van der Waals surface area contributed by atoms with Crippen LogP contribution in [0.25, 0.3) is 0 Å². The summed E-state index contributed by atoms with van der Waals surface area (Å²) >= 11 is 0. The van der Waals surface area contributed by atoms with Crippen molar-refractivity contribution in [2.45, 2.75) is 11.4 Å². The summed E-state index contributed by atoms with van der Waals surface area (Å²) in [5.41, 5.74) is 3.21. The van der Waals surface area contributed by atoms with Crippen LogP contribution in [0.5, 0.6) is 11.5 Å². The molecule has 11 nitrogen and oxygen atoms in total. The number of nitrogens with one attached hydrogen (secondary N) is 1. The highest BCUT2D eigenvalue weighted by Gasteiger charge is 2.28. The lowest BCUT2D eigenvalue weighted by Gasteiger charge is -2.22. The van der Waals surface area contributed by atoms with Crippen LogP contribution in [0.4, 0.5) is 5.69 Å². The van der Waals surface area contributed by atoms with Gasteiger partial charge in [0.1, 0.15) is 0 Å².